The average molecular weight is 352 g/mol. The van der Waals surface area contributed by atoms with Crippen molar-refractivity contribution in [2.75, 3.05) is 0 Å². The number of carbonyl (C=O) groups excluding carboxylic acids is 4. The van der Waals surface area contributed by atoms with E-state index >= 15 is 0 Å². The number of rotatable bonds is 6. The van der Waals surface area contributed by atoms with Gasteiger partial charge in [0.1, 0.15) is 11.6 Å². The third-order valence-electron chi connectivity index (χ3n) is 3.49. The number of fused-ring (bicyclic) bond motifs is 1. The number of esters is 1. The quantitative estimate of drug-likeness (QED) is 0.616. The molecule has 8 heteroatoms. The molecule has 2 rings (SSSR count). The lowest BCUT2D eigenvalue weighted by Crippen LogP contribution is -2.45. The van der Waals surface area contributed by atoms with Crippen LogP contribution >= 0.6 is 11.3 Å². The molecule has 130 valence electrons. The van der Waals surface area contributed by atoms with Gasteiger partial charge in [-0.3, -0.25) is 19.2 Å². The van der Waals surface area contributed by atoms with Gasteiger partial charge in [-0.05, 0) is 38.8 Å². The lowest BCUT2D eigenvalue weighted by molar-refractivity contribution is -0.155. The highest BCUT2D eigenvalue weighted by molar-refractivity contribution is 7.15. The fourth-order valence-corrected chi connectivity index (χ4v) is 3.49. The topological polar surface area (TPSA) is 107 Å². The zero-order chi connectivity index (χ0) is 18.1. The molecular formula is C16H20N2O5S. The van der Waals surface area contributed by atoms with E-state index in [2.05, 4.69) is 0 Å². The Labute approximate surface area is 143 Å². The monoisotopic (exact) mass is 352 g/mol. The summed E-state index contributed by atoms with van der Waals surface area (Å²) in [6.45, 7) is 5.47. The standard InChI is InChI=1S/C16H20N2O5S/c1-16(2,3)23-12(20)5-4-11(14(17)21)18-7-9-6-10(8-19)24-13(9)15(18)22/h6,8,11H,4-5,7H2,1-3H3,(H2,17,21). The Balaban J connectivity index is 2.05. The fourth-order valence-electron chi connectivity index (χ4n) is 2.54. The summed E-state index contributed by atoms with van der Waals surface area (Å²) in [6.07, 6.45) is 0.780. The van der Waals surface area contributed by atoms with Crippen molar-refractivity contribution >= 4 is 35.4 Å². The van der Waals surface area contributed by atoms with E-state index in [0.29, 0.717) is 21.6 Å². The van der Waals surface area contributed by atoms with E-state index in [0.717, 1.165) is 11.3 Å². The van der Waals surface area contributed by atoms with Crippen LogP contribution in [0.1, 0.15) is 58.5 Å². The van der Waals surface area contributed by atoms with Crippen molar-refractivity contribution in [1.29, 1.82) is 0 Å². The van der Waals surface area contributed by atoms with Crippen molar-refractivity contribution in [2.45, 2.75) is 51.8 Å². The molecule has 0 spiro atoms. The second-order valence-electron chi connectivity index (χ2n) is 6.60. The van der Waals surface area contributed by atoms with Crippen LogP contribution < -0.4 is 5.73 Å². The van der Waals surface area contributed by atoms with Crippen LogP contribution in [0, 0.1) is 0 Å². The molecule has 0 bridgehead atoms. The molecule has 1 aromatic rings. The molecule has 7 nitrogen and oxygen atoms in total. The molecular weight excluding hydrogens is 332 g/mol. The van der Waals surface area contributed by atoms with Crippen LogP contribution in [0.5, 0.6) is 0 Å². The maximum Gasteiger partial charge on any atom is 0.306 e. The van der Waals surface area contributed by atoms with Crippen LogP contribution in [0.3, 0.4) is 0 Å². The minimum Gasteiger partial charge on any atom is -0.460 e. The van der Waals surface area contributed by atoms with Gasteiger partial charge in [-0.15, -0.1) is 11.3 Å². The van der Waals surface area contributed by atoms with Gasteiger partial charge in [0.15, 0.2) is 6.29 Å². The summed E-state index contributed by atoms with van der Waals surface area (Å²) < 4.78 is 5.20. The molecule has 1 aromatic heterocycles. The highest BCUT2D eigenvalue weighted by Gasteiger charge is 2.37. The summed E-state index contributed by atoms with van der Waals surface area (Å²) in [5, 5.41) is 0. The van der Waals surface area contributed by atoms with Gasteiger partial charge in [0, 0.05) is 13.0 Å². The second kappa shape index (κ2) is 6.72. The Morgan fingerprint density at radius 1 is 1.46 bits per heavy atom. The predicted octanol–water partition coefficient (Wildman–Crippen LogP) is 1.49. The predicted molar refractivity (Wildman–Crippen MR) is 87.6 cm³/mol. The number of ether oxygens (including phenoxy) is 1. The van der Waals surface area contributed by atoms with Gasteiger partial charge < -0.3 is 15.4 Å². The van der Waals surface area contributed by atoms with Crippen LogP contribution in [-0.4, -0.2) is 40.6 Å². The number of hydrogen-bond donors (Lipinski definition) is 1. The Morgan fingerprint density at radius 3 is 2.62 bits per heavy atom. The number of thiophene rings is 1. The van der Waals surface area contributed by atoms with Crippen LogP contribution in [0.4, 0.5) is 0 Å². The number of nitrogens with two attached hydrogens (primary N) is 1. The summed E-state index contributed by atoms with van der Waals surface area (Å²) in [7, 11) is 0. The minimum atomic E-state index is -0.885. The molecule has 0 saturated carbocycles. The second-order valence-corrected chi connectivity index (χ2v) is 7.68. The summed E-state index contributed by atoms with van der Waals surface area (Å²) in [6, 6.07) is 0.751. The van der Waals surface area contributed by atoms with Gasteiger partial charge in [0.2, 0.25) is 5.91 Å². The van der Waals surface area contributed by atoms with Gasteiger partial charge in [0.25, 0.3) is 5.91 Å². The molecule has 0 aromatic carbocycles. The maximum absolute atomic E-state index is 12.4. The van der Waals surface area contributed by atoms with E-state index in [1.807, 2.05) is 0 Å². The van der Waals surface area contributed by atoms with Gasteiger partial charge in [0.05, 0.1) is 9.75 Å². The molecule has 1 unspecified atom stereocenters. The first kappa shape index (κ1) is 18.1. The van der Waals surface area contributed by atoms with E-state index < -0.39 is 23.5 Å². The highest BCUT2D eigenvalue weighted by atomic mass is 32.1. The number of primary amides is 1. The largest absolute Gasteiger partial charge is 0.460 e. The van der Waals surface area contributed by atoms with E-state index in [1.165, 1.54) is 4.90 Å². The third kappa shape index (κ3) is 4.00. The van der Waals surface area contributed by atoms with Crippen molar-refractivity contribution in [1.82, 2.24) is 4.90 Å². The minimum absolute atomic E-state index is 0.0120. The SMILES string of the molecule is CC(C)(C)OC(=O)CCC(C(N)=O)N1Cc2cc(C=O)sc2C1=O. The molecule has 0 radical (unpaired) electrons. The molecule has 2 heterocycles. The van der Waals surface area contributed by atoms with Gasteiger partial charge in [-0.1, -0.05) is 0 Å². The van der Waals surface area contributed by atoms with Crippen LogP contribution in [0.15, 0.2) is 6.07 Å². The molecule has 1 aliphatic heterocycles. The van der Waals surface area contributed by atoms with Crippen molar-refractivity contribution in [3.05, 3.63) is 21.4 Å². The Bertz CT molecular complexity index is 689. The van der Waals surface area contributed by atoms with Crippen molar-refractivity contribution in [3.63, 3.8) is 0 Å². The first-order valence-corrected chi connectivity index (χ1v) is 8.34. The normalized spacial score (nSPS) is 15.1. The molecule has 2 amide bonds. The van der Waals surface area contributed by atoms with Gasteiger partial charge in [-0.2, -0.15) is 0 Å². The van der Waals surface area contributed by atoms with Crippen LogP contribution in [0.25, 0.3) is 0 Å². The molecule has 24 heavy (non-hydrogen) atoms. The van der Waals surface area contributed by atoms with Crippen molar-refractivity contribution < 1.29 is 23.9 Å². The number of amides is 2. The first-order chi connectivity index (χ1) is 11.1. The van der Waals surface area contributed by atoms with Gasteiger partial charge in [-0.25, -0.2) is 0 Å². The summed E-state index contributed by atoms with van der Waals surface area (Å²) in [5.74, 6) is -1.45. The summed E-state index contributed by atoms with van der Waals surface area (Å²) in [5.41, 5.74) is 5.51. The molecule has 0 saturated heterocycles. The van der Waals surface area contributed by atoms with E-state index in [-0.39, 0.29) is 25.3 Å². The van der Waals surface area contributed by atoms with E-state index in [1.54, 1.807) is 26.8 Å². The fraction of sp³-hybridized carbons (Fsp3) is 0.500. The highest BCUT2D eigenvalue weighted by Crippen LogP contribution is 2.32. The van der Waals surface area contributed by atoms with Crippen molar-refractivity contribution in [3.8, 4) is 0 Å². The molecule has 0 fully saturated rings. The summed E-state index contributed by atoms with van der Waals surface area (Å²) in [4.78, 5) is 49.1. The van der Waals surface area contributed by atoms with Crippen LogP contribution in [-0.2, 0) is 20.9 Å². The number of aldehydes is 1. The van der Waals surface area contributed by atoms with E-state index in [9.17, 15) is 19.2 Å². The Kier molecular flexibility index (Phi) is 5.08. The lowest BCUT2D eigenvalue weighted by Gasteiger charge is -2.25. The number of nitrogens with zero attached hydrogens (tertiary/aromatic N) is 1. The zero-order valence-corrected chi connectivity index (χ0v) is 14.6. The zero-order valence-electron chi connectivity index (χ0n) is 13.8. The number of carbonyl (C=O) groups is 4. The number of hydrogen-bond acceptors (Lipinski definition) is 6. The molecule has 0 aliphatic carbocycles. The van der Waals surface area contributed by atoms with E-state index in [4.69, 9.17) is 10.5 Å². The van der Waals surface area contributed by atoms with Crippen molar-refractivity contribution in [2.24, 2.45) is 5.73 Å². The summed E-state index contributed by atoms with van der Waals surface area (Å²) >= 11 is 1.09. The Hall–Kier alpha value is -2.22. The first-order valence-electron chi connectivity index (χ1n) is 7.52. The van der Waals surface area contributed by atoms with Crippen LogP contribution in [0.2, 0.25) is 0 Å². The lowest BCUT2D eigenvalue weighted by atomic mass is 10.1. The average Bonchev–Trinajstić information content (AvgIpc) is 2.97. The maximum atomic E-state index is 12.4. The molecule has 2 N–H and O–H groups in total. The third-order valence-corrected chi connectivity index (χ3v) is 4.58. The smallest absolute Gasteiger partial charge is 0.306 e. The van der Waals surface area contributed by atoms with Gasteiger partial charge >= 0.3 is 5.97 Å². The molecule has 1 atom stereocenters. The molecule has 1 aliphatic rings. The Morgan fingerprint density at radius 2 is 2.12 bits per heavy atom.